The van der Waals surface area contributed by atoms with Gasteiger partial charge >= 0.3 is 58.2 Å². The first-order valence-electron chi connectivity index (χ1n) is 5.50. The fraction of sp³-hybridized carbons (Fsp3) is 0.231. The molecular formula is C13H13N2O2RbS. The van der Waals surface area contributed by atoms with Gasteiger partial charge in [-0.2, -0.15) is 0 Å². The largest absolute Gasteiger partial charge is 1.00 e. The van der Waals surface area contributed by atoms with Crippen molar-refractivity contribution in [3.05, 3.63) is 47.5 Å². The SMILES string of the molecule is Cc1oc(-c2ccccc2)nc1CSCC([NH-])=O.[Rb+]. The molecular weight excluding hydrogens is 334 g/mol. The van der Waals surface area contributed by atoms with Crippen LogP contribution in [0.5, 0.6) is 0 Å². The molecule has 4 nitrogen and oxygen atoms in total. The second kappa shape index (κ2) is 8.37. The van der Waals surface area contributed by atoms with Gasteiger partial charge in [-0.15, -0.1) is 11.8 Å². The van der Waals surface area contributed by atoms with E-state index < -0.39 is 5.91 Å². The van der Waals surface area contributed by atoms with Crippen LogP contribution in [0.25, 0.3) is 17.2 Å². The summed E-state index contributed by atoms with van der Waals surface area (Å²) in [7, 11) is 0. The van der Waals surface area contributed by atoms with E-state index in [0.29, 0.717) is 11.6 Å². The molecule has 2 aromatic rings. The summed E-state index contributed by atoms with van der Waals surface area (Å²) in [4.78, 5) is 15.0. The van der Waals surface area contributed by atoms with Gasteiger partial charge in [-0.3, -0.25) is 0 Å². The van der Waals surface area contributed by atoms with Crippen LogP contribution < -0.4 is 58.2 Å². The maximum atomic E-state index is 10.5. The van der Waals surface area contributed by atoms with Gasteiger partial charge in [0.15, 0.2) is 0 Å². The molecule has 0 unspecified atom stereocenters. The third-order valence-electron chi connectivity index (χ3n) is 2.39. The predicted octanol–water partition coefficient (Wildman–Crippen LogP) is 0.466. The molecule has 1 N–H and O–H groups in total. The minimum Gasteiger partial charge on any atom is -0.667 e. The summed E-state index contributed by atoms with van der Waals surface area (Å²) in [5.41, 5.74) is 8.61. The molecule has 2 rings (SSSR count). The molecule has 0 saturated carbocycles. The molecule has 1 aromatic heterocycles. The third kappa shape index (κ3) is 5.15. The van der Waals surface area contributed by atoms with E-state index in [-0.39, 0.29) is 63.9 Å². The maximum Gasteiger partial charge on any atom is 1.00 e. The molecule has 0 spiro atoms. The summed E-state index contributed by atoms with van der Waals surface area (Å²) in [5.74, 6) is 1.57. The molecule has 0 saturated heterocycles. The first-order chi connectivity index (χ1) is 8.66. The molecule has 0 fully saturated rings. The molecule has 6 heteroatoms. The summed E-state index contributed by atoms with van der Waals surface area (Å²) in [6.45, 7) is 1.86. The van der Waals surface area contributed by atoms with Gasteiger partial charge < -0.3 is 14.9 Å². The Morgan fingerprint density at radius 3 is 2.68 bits per heavy atom. The Morgan fingerprint density at radius 1 is 1.37 bits per heavy atom. The van der Waals surface area contributed by atoms with Crippen molar-refractivity contribution in [2.75, 3.05) is 5.75 Å². The number of amides is 1. The van der Waals surface area contributed by atoms with Crippen LogP contribution in [0, 0.1) is 6.92 Å². The van der Waals surface area contributed by atoms with Crippen molar-refractivity contribution < 1.29 is 67.4 Å². The Bertz CT molecular complexity index is 543. The number of hydrogen-bond acceptors (Lipinski definition) is 4. The molecule has 0 aliphatic rings. The molecule has 1 amide bonds. The minimum atomic E-state index is -0.565. The van der Waals surface area contributed by atoms with Gasteiger partial charge in [0.2, 0.25) is 5.89 Å². The standard InChI is InChI=1S/C13H14N2O2S.Rb/c1-9-11(7-18-8-12(14)16)15-13(17-9)10-5-3-2-4-6-10;/h2-6H,7-8H2,1H3,(H2,14,16);/q;+1/p-1. The predicted molar refractivity (Wildman–Crippen MR) is 72.2 cm³/mol. The second-order valence-corrected chi connectivity index (χ2v) is 4.79. The van der Waals surface area contributed by atoms with E-state index in [0.717, 1.165) is 17.0 Å². The van der Waals surface area contributed by atoms with Crippen molar-refractivity contribution >= 4 is 17.7 Å². The second-order valence-electron chi connectivity index (χ2n) is 3.80. The van der Waals surface area contributed by atoms with E-state index in [1.165, 1.54) is 11.8 Å². The van der Waals surface area contributed by atoms with Gasteiger partial charge in [-0.1, -0.05) is 18.2 Å². The fourth-order valence-electron chi connectivity index (χ4n) is 1.51. The van der Waals surface area contributed by atoms with Crippen LogP contribution in [0.15, 0.2) is 34.7 Å². The van der Waals surface area contributed by atoms with Crippen LogP contribution >= 0.6 is 11.8 Å². The maximum absolute atomic E-state index is 10.5. The number of hydrogen-bond donors (Lipinski definition) is 0. The smallest absolute Gasteiger partial charge is 0.667 e. The van der Waals surface area contributed by atoms with E-state index in [1.54, 1.807) is 0 Å². The summed E-state index contributed by atoms with van der Waals surface area (Å²) >= 11 is 1.38. The van der Waals surface area contributed by atoms with E-state index in [9.17, 15) is 4.79 Å². The fourth-order valence-corrected chi connectivity index (χ4v) is 2.26. The molecule has 0 radical (unpaired) electrons. The quantitative estimate of drug-likeness (QED) is 0.789. The van der Waals surface area contributed by atoms with Crippen molar-refractivity contribution in [2.24, 2.45) is 0 Å². The van der Waals surface area contributed by atoms with Crippen molar-refractivity contribution in [1.29, 1.82) is 0 Å². The van der Waals surface area contributed by atoms with Crippen LogP contribution in [0.2, 0.25) is 0 Å². The summed E-state index contributed by atoms with van der Waals surface area (Å²) in [6.07, 6.45) is 0. The Balaban J connectivity index is 0.00000180. The third-order valence-corrected chi connectivity index (χ3v) is 3.33. The number of carbonyl (C=O) groups excluding carboxylic acids is 1. The number of nitrogens with zero attached hydrogens (tertiary/aromatic N) is 1. The zero-order valence-corrected chi connectivity index (χ0v) is 16.7. The van der Waals surface area contributed by atoms with E-state index >= 15 is 0 Å². The Kier molecular flexibility index (Phi) is 7.53. The van der Waals surface area contributed by atoms with Crippen LogP contribution in [0.4, 0.5) is 0 Å². The van der Waals surface area contributed by atoms with E-state index in [2.05, 4.69) is 4.98 Å². The van der Waals surface area contributed by atoms with Gasteiger partial charge in [0.25, 0.3) is 0 Å². The minimum absolute atomic E-state index is 0. The van der Waals surface area contributed by atoms with Gasteiger partial charge in [-0.05, 0) is 19.1 Å². The number of carbonyl (C=O) groups is 1. The molecule has 0 atom stereocenters. The van der Waals surface area contributed by atoms with Crippen molar-refractivity contribution in [3.63, 3.8) is 0 Å². The first kappa shape index (κ1) is 17.1. The molecule has 19 heavy (non-hydrogen) atoms. The summed E-state index contributed by atoms with van der Waals surface area (Å²) in [5, 5.41) is 0. The monoisotopic (exact) mass is 346 g/mol. The van der Waals surface area contributed by atoms with E-state index in [4.69, 9.17) is 10.2 Å². The van der Waals surface area contributed by atoms with Gasteiger partial charge in [-0.25, -0.2) is 4.98 Å². The van der Waals surface area contributed by atoms with Gasteiger partial charge in [0.1, 0.15) is 5.76 Å². The van der Waals surface area contributed by atoms with E-state index in [1.807, 2.05) is 37.3 Å². The number of rotatable bonds is 5. The van der Waals surface area contributed by atoms with Gasteiger partial charge in [0.05, 0.1) is 11.6 Å². The number of aryl methyl sites for hydroxylation is 1. The molecule has 0 aliphatic heterocycles. The molecule has 1 heterocycles. The zero-order chi connectivity index (χ0) is 13.0. The van der Waals surface area contributed by atoms with Gasteiger partial charge in [0, 0.05) is 17.1 Å². The summed E-state index contributed by atoms with van der Waals surface area (Å²) in [6, 6.07) is 9.69. The first-order valence-corrected chi connectivity index (χ1v) is 6.66. The van der Waals surface area contributed by atoms with Crippen LogP contribution in [-0.2, 0) is 10.5 Å². The van der Waals surface area contributed by atoms with Crippen LogP contribution in [0.3, 0.4) is 0 Å². The molecule has 94 valence electrons. The normalized spacial score (nSPS) is 9.95. The average molecular weight is 347 g/mol. The van der Waals surface area contributed by atoms with Crippen LogP contribution in [0.1, 0.15) is 11.5 Å². The molecule has 1 aromatic carbocycles. The zero-order valence-electron chi connectivity index (χ0n) is 11.0. The molecule has 0 aliphatic carbocycles. The number of aromatic nitrogens is 1. The topological polar surface area (TPSA) is 66.9 Å². The number of benzene rings is 1. The number of nitrogens with one attached hydrogen (secondary N) is 1. The number of oxazole rings is 1. The van der Waals surface area contributed by atoms with Crippen molar-refractivity contribution in [2.45, 2.75) is 12.7 Å². The Labute approximate surface area is 165 Å². The average Bonchev–Trinajstić information content (AvgIpc) is 2.72. The number of thioether (sulfide) groups is 1. The molecule has 0 bridgehead atoms. The van der Waals surface area contributed by atoms with Crippen LogP contribution in [-0.4, -0.2) is 16.6 Å². The van der Waals surface area contributed by atoms with Crippen molar-refractivity contribution in [1.82, 2.24) is 4.98 Å². The Hall–Kier alpha value is 0.0552. The van der Waals surface area contributed by atoms with Crippen molar-refractivity contribution in [3.8, 4) is 11.5 Å². The summed E-state index contributed by atoms with van der Waals surface area (Å²) < 4.78 is 5.60. The Morgan fingerprint density at radius 2 is 2.05 bits per heavy atom.